The van der Waals surface area contributed by atoms with Crippen LogP contribution >= 0.6 is 0 Å². The number of hydrogen-bond acceptors (Lipinski definition) is 4. The van der Waals surface area contributed by atoms with Gasteiger partial charge < -0.3 is 15.5 Å². The van der Waals surface area contributed by atoms with Gasteiger partial charge in [-0.25, -0.2) is 4.98 Å². The number of ether oxygens (including phenoxy) is 1. The lowest BCUT2D eigenvalue weighted by Crippen LogP contribution is -2.38. The van der Waals surface area contributed by atoms with Gasteiger partial charge in [0.2, 0.25) is 0 Å². The number of nitrogens with one attached hydrogen (secondary N) is 1. The van der Waals surface area contributed by atoms with Crippen molar-refractivity contribution in [1.82, 2.24) is 9.97 Å². The van der Waals surface area contributed by atoms with E-state index in [1.54, 1.807) is 6.20 Å². The molecule has 0 aliphatic heterocycles. The third-order valence-electron chi connectivity index (χ3n) is 2.69. The summed E-state index contributed by atoms with van der Waals surface area (Å²) in [6, 6.07) is 3.15. The van der Waals surface area contributed by atoms with Crippen molar-refractivity contribution in [3.05, 3.63) is 30.1 Å². The number of rotatable bonds is 3. The van der Waals surface area contributed by atoms with Crippen molar-refractivity contribution in [2.75, 3.05) is 0 Å². The van der Waals surface area contributed by atoms with Gasteiger partial charge in [0, 0.05) is 24.2 Å². The summed E-state index contributed by atoms with van der Waals surface area (Å²) in [4.78, 5) is 19.1. The van der Waals surface area contributed by atoms with Crippen LogP contribution in [0.25, 0.3) is 11.0 Å². The topological polar surface area (TPSA) is 81.0 Å². The first kappa shape index (κ1) is 13.5. The van der Waals surface area contributed by atoms with E-state index in [4.69, 9.17) is 10.5 Å². The molecule has 0 aliphatic carbocycles. The quantitative estimate of drug-likeness (QED) is 0.825. The Kier molecular flexibility index (Phi) is 3.57. The number of esters is 1. The van der Waals surface area contributed by atoms with Crippen LogP contribution in [0.3, 0.4) is 0 Å². The van der Waals surface area contributed by atoms with E-state index in [0.29, 0.717) is 6.42 Å². The maximum atomic E-state index is 11.8. The van der Waals surface area contributed by atoms with Crippen molar-refractivity contribution >= 4 is 17.0 Å². The summed E-state index contributed by atoms with van der Waals surface area (Å²) in [7, 11) is 0. The highest BCUT2D eigenvalue weighted by molar-refractivity contribution is 5.82. The van der Waals surface area contributed by atoms with E-state index < -0.39 is 11.6 Å². The molecule has 1 unspecified atom stereocenters. The van der Waals surface area contributed by atoms with Crippen LogP contribution < -0.4 is 5.73 Å². The van der Waals surface area contributed by atoms with Gasteiger partial charge in [0.1, 0.15) is 17.3 Å². The fraction of sp³-hybridized carbons (Fsp3) is 0.429. The average Bonchev–Trinajstić information content (AvgIpc) is 2.70. The third kappa shape index (κ3) is 3.32. The van der Waals surface area contributed by atoms with Gasteiger partial charge in [-0.05, 0) is 38.5 Å². The first-order valence-electron chi connectivity index (χ1n) is 6.26. The zero-order valence-corrected chi connectivity index (χ0v) is 11.4. The maximum Gasteiger partial charge on any atom is 0.323 e. The molecule has 2 rings (SSSR count). The molecule has 5 nitrogen and oxygen atoms in total. The zero-order chi connectivity index (χ0) is 14.0. The molecule has 0 fully saturated rings. The molecule has 0 aromatic carbocycles. The molecule has 1 atom stereocenters. The van der Waals surface area contributed by atoms with Crippen LogP contribution in [0.15, 0.2) is 24.5 Å². The smallest absolute Gasteiger partial charge is 0.323 e. The molecule has 0 bridgehead atoms. The van der Waals surface area contributed by atoms with Crippen LogP contribution in [0.2, 0.25) is 0 Å². The summed E-state index contributed by atoms with van der Waals surface area (Å²) >= 11 is 0. The van der Waals surface area contributed by atoms with Gasteiger partial charge in [0.15, 0.2) is 0 Å². The molecular weight excluding hydrogens is 242 g/mol. The molecule has 102 valence electrons. The van der Waals surface area contributed by atoms with Gasteiger partial charge in [-0.2, -0.15) is 0 Å². The van der Waals surface area contributed by atoms with Crippen molar-refractivity contribution in [1.29, 1.82) is 0 Å². The Labute approximate surface area is 112 Å². The maximum absolute atomic E-state index is 11.8. The normalized spacial score (nSPS) is 13.5. The molecule has 0 spiro atoms. The lowest BCUT2D eigenvalue weighted by Gasteiger charge is -2.22. The molecule has 0 aliphatic rings. The first-order valence-corrected chi connectivity index (χ1v) is 6.26. The Morgan fingerprint density at radius 2 is 2.26 bits per heavy atom. The third-order valence-corrected chi connectivity index (χ3v) is 2.69. The Morgan fingerprint density at radius 3 is 2.95 bits per heavy atom. The van der Waals surface area contributed by atoms with E-state index in [9.17, 15) is 4.79 Å². The molecular formula is C14H19N3O2. The summed E-state index contributed by atoms with van der Waals surface area (Å²) in [6.07, 6.45) is 3.99. The number of aromatic nitrogens is 2. The van der Waals surface area contributed by atoms with Crippen molar-refractivity contribution in [3.8, 4) is 0 Å². The Balaban J connectivity index is 2.10. The van der Waals surface area contributed by atoms with Crippen LogP contribution in [0, 0.1) is 0 Å². The molecule has 2 aromatic rings. The number of pyridine rings is 1. The minimum atomic E-state index is -0.668. The molecule has 0 amide bonds. The van der Waals surface area contributed by atoms with Gasteiger partial charge in [-0.3, -0.25) is 4.79 Å². The Bertz CT molecular complexity index is 584. The first-order chi connectivity index (χ1) is 8.87. The SMILES string of the molecule is CC(C)(C)OC(=O)C(N)Cc1c[nH]c2ncccc12. The highest BCUT2D eigenvalue weighted by atomic mass is 16.6. The summed E-state index contributed by atoms with van der Waals surface area (Å²) in [6.45, 7) is 5.48. The molecule has 2 aromatic heterocycles. The summed E-state index contributed by atoms with van der Waals surface area (Å²) in [5.41, 5.74) is 7.15. The summed E-state index contributed by atoms with van der Waals surface area (Å²) in [5, 5.41) is 0.988. The molecule has 0 saturated heterocycles. The second-order valence-corrected chi connectivity index (χ2v) is 5.56. The number of H-pyrrole nitrogens is 1. The van der Waals surface area contributed by atoms with Crippen molar-refractivity contribution in [3.63, 3.8) is 0 Å². The van der Waals surface area contributed by atoms with E-state index in [1.165, 1.54) is 0 Å². The van der Waals surface area contributed by atoms with Gasteiger partial charge in [-0.1, -0.05) is 0 Å². The predicted molar refractivity (Wildman–Crippen MR) is 73.6 cm³/mol. The second kappa shape index (κ2) is 5.01. The number of carbonyl (C=O) groups is 1. The van der Waals surface area contributed by atoms with Crippen LogP contribution in [0.4, 0.5) is 0 Å². The van der Waals surface area contributed by atoms with E-state index in [2.05, 4.69) is 9.97 Å². The fourth-order valence-electron chi connectivity index (χ4n) is 1.88. The van der Waals surface area contributed by atoms with E-state index in [-0.39, 0.29) is 5.97 Å². The molecule has 2 heterocycles. The number of fused-ring (bicyclic) bond motifs is 1. The largest absolute Gasteiger partial charge is 0.459 e. The molecule has 19 heavy (non-hydrogen) atoms. The molecule has 5 heteroatoms. The summed E-state index contributed by atoms with van der Waals surface area (Å²) < 4.78 is 5.27. The number of carbonyl (C=O) groups excluding carboxylic acids is 1. The summed E-state index contributed by atoms with van der Waals surface area (Å²) in [5.74, 6) is -0.384. The van der Waals surface area contributed by atoms with Crippen molar-refractivity contribution < 1.29 is 9.53 Å². The highest BCUT2D eigenvalue weighted by Crippen LogP contribution is 2.18. The molecule has 0 radical (unpaired) electrons. The predicted octanol–water partition coefficient (Wildman–Crippen LogP) is 1.77. The number of nitrogens with two attached hydrogens (primary N) is 1. The minimum Gasteiger partial charge on any atom is -0.459 e. The molecule has 0 saturated carbocycles. The van der Waals surface area contributed by atoms with Crippen LogP contribution in [0.1, 0.15) is 26.3 Å². The van der Waals surface area contributed by atoms with Crippen LogP contribution in [0.5, 0.6) is 0 Å². The van der Waals surface area contributed by atoms with Crippen molar-refractivity contribution in [2.24, 2.45) is 5.73 Å². The zero-order valence-electron chi connectivity index (χ0n) is 11.4. The average molecular weight is 261 g/mol. The minimum absolute atomic E-state index is 0.384. The van der Waals surface area contributed by atoms with Crippen LogP contribution in [-0.4, -0.2) is 27.6 Å². The fourth-order valence-corrected chi connectivity index (χ4v) is 1.88. The number of nitrogens with zero attached hydrogens (tertiary/aromatic N) is 1. The van der Waals surface area contributed by atoms with Gasteiger partial charge in [0.25, 0.3) is 0 Å². The van der Waals surface area contributed by atoms with E-state index >= 15 is 0 Å². The molecule has 3 N–H and O–H groups in total. The Hall–Kier alpha value is -1.88. The lowest BCUT2D eigenvalue weighted by molar-refractivity contribution is -0.156. The monoisotopic (exact) mass is 261 g/mol. The van der Waals surface area contributed by atoms with E-state index in [0.717, 1.165) is 16.6 Å². The van der Waals surface area contributed by atoms with Gasteiger partial charge in [0.05, 0.1) is 0 Å². The highest BCUT2D eigenvalue weighted by Gasteiger charge is 2.23. The Morgan fingerprint density at radius 1 is 1.53 bits per heavy atom. The van der Waals surface area contributed by atoms with Gasteiger partial charge in [-0.15, -0.1) is 0 Å². The lowest BCUT2D eigenvalue weighted by atomic mass is 10.1. The number of aromatic amines is 1. The standard InChI is InChI=1S/C14H19N3O2/c1-14(2,3)19-13(18)11(15)7-9-8-17-12-10(9)5-4-6-16-12/h4-6,8,11H,7,15H2,1-3H3,(H,16,17). The van der Waals surface area contributed by atoms with Gasteiger partial charge >= 0.3 is 5.97 Å². The van der Waals surface area contributed by atoms with E-state index in [1.807, 2.05) is 39.1 Å². The second-order valence-electron chi connectivity index (χ2n) is 5.56. The van der Waals surface area contributed by atoms with Crippen molar-refractivity contribution in [2.45, 2.75) is 38.8 Å². The van der Waals surface area contributed by atoms with Crippen LogP contribution in [-0.2, 0) is 16.0 Å². The number of hydrogen-bond donors (Lipinski definition) is 2.